The molecule has 0 radical (unpaired) electrons. The Kier molecular flexibility index (Phi) is 3.45. The van der Waals surface area contributed by atoms with Crippen LogP contribution in [0.5, 0.6) is 0 Å². The lowest BCUT2D eigenvalue weighted by Gasteiger charge is -2.09. The van der Waals surface area contributed by atoms with Crippen molar-refractivity contribution in [2.24, 2.45) is 4.99 Å². The Bertz CT molecular complexity index is 346. The molecule has 0 aliphatic heterocycles. The summed E-state index contributed by atoms with van der Waals surface area (Å²) in [5.74, 6) is 0. The van der Waals surface area contributed by atoms with Gasteiger partial charge in [-0.15, -0.1) is 0 Å². The third kappa shape index (κ3) is 2.69. The molecule has 0 aliphatic rings. The number of rotatable bonds is 2. The molecule has 1 heteroatoms. The molecule has 1 atom stereocenters. The van der Waals surface area contributed by atoms with E-state index < -0.39 is 0 Å². The maximum Gasteiger partial charge on any atom is 0.0720 e. The first-order chi connectivity index (χ1) is 6.50. The average Bonchev–Trinajstić information content (AvgIpc) is 2.08. The Morgan fingerprint density at radius 1 is 1.14 bits per heavy atom. The van der Waals surface area contributed by atoms with Crippen molar-refractivity contribution in [3.8, 4) is 0 Å². The topological polar surface area (TPSA) is 12.4 Å². The zero-order chi connectivity index (χ0) is 10.7. The van der Waals surface area contributed by atoms with Gasteiger partial charge in [0, 0.05) is 5.71 Å². The lowest BCUT2D eigenvalue weighted by molar-refractivity contribution is 0.816. The van der Waals surface area contributed by atoms with Gasteiger partial charge >= 0.3 is 0 Å². The van der Waals surface area contributed by atoms with Gasteiger partial charge in [0.05, 0.1) is 6.04 Å². The third-order valence-electron chi connectivity index (χ3n) is 2.47. The van der Waals surface area contributed by atoms with E-state index in [0.717, 1.165) is 5.71 Å². The van der Waals surface area contributed by atoms with Crippen molar-refractivity contribution in [3.05, 3.63) is 34.9 Å². The van der Waals surface area contributed by atoms with Crippen molar-refractivity contribution >= 4 is 5.71 Å². The summed E-state index contributed by atoms with van der Waals surface area (Å²) in [6, 6.07) is 6.84. The van der Waals surface area contributed by atoms with E-state index in [4.69, 9.17) is 0 Å². The molecular weight excluding hydrogens is 170 g/mol. The fourth-order valence-electron chi connectivity index (χ4n) is 1.49. The molecule has 1 aromatic rings. The first-order valence-electron chi connectivity index (χ1n) is 5.09. The molecule has 1 aromatic carbocycles. The van der Waals surface area contributed by atoms with E-state index in [1.807, 2.05) is 13.8 Å². The van der Waals surface area contributed by atoms with Gasteiger partial charge in [0.25, 0.3) is 0 Å². The van der Waals surface area contributed by atoms with E-state index in [1.54, 1.807) is 0 Å². The maximum absolute atomic E-state index is 4.54. The second-order valence-corrected chi connectivity index (χ2v) is 4.10. The Balaban J connectivity index is 2.97. The Hall–Kier alpha value is -1.11. The maximum atomic E-state index is 4.54. The molecule has 0 saturated heterocycles. The molecular formula is C13H19N. The molecule has 0 bridgehead atoms. The quantitative estimate of drug-likeness (QED) is 0.627. The largest absolute Gasteiger partial charge is 0.287 e. The van der Waals surface area contributed by atoms with Gasteiger partial charge in [-0.05, 0) is 51.3 Å². The summed E-state index contributed by atoms with van der Waals surface area (Å²) in [6.07, 6.45) is 0. The van der Waals surface area contributed by atoms with Crippen molar-refractivity contribution in [1.29, 1.82) is 0 Å². The van der Waals surface area contributed by atoms with Crippen LogP contribution in [0.2, 0.25) is 0 Å². The van der Waals surface area contributed by atoms with Crippen LogP contribution in [0, 0.1) is 13.8 Å². The summed E-state index contributed by atoms with van der Waals surface area (Å²) in [5, 5.41) is 0. The molecule has 14 heavy (non-hydrogen) atoms. The summed E-state index contributed by atoms with van der Waals surface area (Å²) >= 11 is 0. The normalized spacial score (nSPS) is 12.4. The van der Waals surface area contributed by atoms with E-state index >= 15 is 0 Å². The number of benzene rings is 1. The zero-order valence-corrected chi connectivity index (χ0v) is 9.76. The molecule has 76 valence electrons. The van der Waals surface area contributed by atoms with Crippen molar-refractivity contribution in [1.82, 2.24) is 0 Å². The zero-order valence-electron chi connectivity index (χ0n) is 9.76. The minimum atomic E-state index is 0.277. The van der Waals surface area contributed by atoms with Gasteiger partial charge in [-0.1, -0.05) is 18.2 Å². The van der Waals surface area contributed by atoms with Crippen LogP contribution < -0.4 is 0 Å². The minimum absolute atomic E-state index is 0.277. The molecule has 0 aromatic heterocycles. The molecule has 1 rings (SSSR count). The molecule has 0 amide bonds. The highest BCUT2D eigenvalue weighted by atomic mass is 14.8. The highest BCUT2D eigenvalue weighted by Gasteiger charge is 2.03. The molecule has 0 N–H and O–H groups in total. The van der Waals surface area contributed by atoms with E-state index in [1.165, 1.54) is 16.7 Å². The molecule has 1 unspecified atom stereocenters. The summed E-state index contributed by atoms with van der Waals surface area (Å²) in [4.78, 5) is 4.54. The van der Waals surface area contributed by atoms with E-state index in [-0.39, 0.29) is 6.04 Å². The van der Waals surface area contributed by atoms with Gasteiger partial charge < -0.3 is 0 Å². The van der Waals surface area contributed by atoms with Crippen LogP contribution in [-0.2, 0) is 0 Å². The van der Waals surface area contributed by atoms with Gasteiger partial charge in [0.2, 0.25) is 0 Å². The highest BCUT2D eigenvalue weighted by Crippen LogP contribution is 2.19. The standard InChI is InChI=1S/C13H19N/c1-9(2)14-12(5)13-7-6-10(3)11(4)8-13/h6-8,12H,1-5H3. The van der Waals surface area contributed by atoms with Crippen LogP contribution in [0.4, 0.5) is 0 Å². The van der Waals surface area contributed by atoms with Gasteiger partial charge in [0.15, 0.2) is 0 Å². The van der Waals surface area contributed by atoms with E-state index in [0.29, 0.717) is 0 Å². The molecule has 0 aliphatic carbocycles. The lowest BCUT2D eigenvalue weighted by atomic mass is 10.0. The second kappa shape index (κ2) is 4.41. The first kappa shape index (κ1) is 11.0. The monoisotopic (exact) mass is 189 g/mol. The number of hydrogen-bond acceptors (Lipinski definition) is 1. The molecule has 0 fully saturated rings. The summed E-state index contributed by atoms with van der Waals surface area (Å²) in [5.41, 5.74) is 5.13. The summed E-state index contributed by atoms with van der Waals surface area (Å²) in [6.45, 7) is 10.5. The van der Waals surface area contributed by atoms with E-state index in [2.05, 4.69) is 44.0 Å². The molecule has 1 nitrogen and oxygen atoms in total. The predicted octanol–water partition coefficient (Wildman–Crippen LogP) is 3.85. The number of aryl methyl sites for hydroxylation is 2. The van der Waals surface area contributed by atoms with Crippen LogP contribution in [0.25, 0.3) is 0 Å². The van der Waals surface area contributed by atoms with Gasteiger partial charge in [-0.3, -0.25) is 4.99 Å². The first-order valence-corrected chi connectivity index (χ1v) is 5.09. The SMILES string of the molecule is CC(C)=NC(C)c1ccc(C)c(C)c1. The van der Waals surface area contributed by atoms with Gasteiger partial charge in [-0.2, -0.15) is 0 Å². The molecule has 0 saturated carbocycles. The minimum Gasteiger partial charge on any atom is -0.287 e. The highest BCUT2D eigenvalue weighted by molar-refractivity contribution is 5.79. The Labute approximate surface area is 86.9 Å². The average molecular weight is 189 g/mol. The van der Waals surface area contributed by atoms with Gasteiger partial charge in [-0.25, -0.2) is 0 Å². The smallest absolute Gasteiger partial charge is 0.0720 e. The lowest BCUT2D eigenvalue weighted by Crippen LogP contribution is -1.94. The van der Waals surface area contributed by atoms with Crippen LogP contribution in [0.3, 0.4) is 0 Å². The number of hydrogen-bond donors (Lipinski definition) is 0. The second-order valence-electron chi connectivity index (χ2n) is 4.10. The van der Waals surface area contributed by atoms with Crippen LogP contribution in [0.1, 0.15) is 43.5 Å². The van der Waals surface area contributed by atoms with Crippen LogP contribution >= 0.6 is 0 Å². The number of aliphatic imine (C=N–C) groups is 1. The molecule has 0 spiro atoms. The van der Waals surface area contributed by atoms with Crippen molar-refractivity contribution in [2.75, 3.05) is 0 Å². The van der Waals surface area contributed by atoms with Crippen LogP contribution in [0.15, 0.2) is 23.2 Å². The van der Waals surface area contributed by atoms with Crippen molar-refractivity contribution in [3.63, 3.8) is 0 Å². The van der Waals surface area contributed by atoms with Gasteiger partial charge in [0.1, 0.15) is 0 Å². The van der Waals surface area contributed by atoms with Crippen LogP contribution in [-0.4, -0.2) is 5.71 Å². The summed E-state index contributed by atoms with van der Waals surface area (Å²) in [7, 11) is 0. The summed E-state index contributed by atoms with van der Waals surface area (Å²) < 4.78 is 0. The Morgan fingerprint density at radius 2 is 1.79 bits per heavy atom. The van der Waals surface area contributed by atoms with E-state index in [9.17, 15) is 0 Å². The third-order valence-corrected chi connectivity index (χ3v) is 2.47. The fraction of sp³-hybridized carbons (Fsp3) is 0.462. The Morgan fingerprint density at radius 3 is 2.29 bits per heavy atom. The fourth-order valence-corrected chi connectivity index (χ4v) is 1.49. The molecule has 0 heterocycles. The predicted molar refractivity (Wildman–Crippen MR) is 63.1 cm³/mol. The number of nitrogens with zero attached hydrogens (tertiary/aromatic N) is 1. The van der Waals surface area contributed by atoms with Crippen molar-refractivity contribution < 1.29 is 0 Å². The van der Waals surface area contributed by atoms with Crippen molar-refractivity contribution in [2.45, 2.75) is 40.7 Å².